The highest BCUT2D eigenvalue weighted by atomic mass is 16.2. The quantitative estimate of drug-likeness (QED) is 0.334. The van der Waals surface area contributed by atoms with Crippen molar-refractivity contribution in [2.75, 3.05) is 7.05 Å². The van der Waals surface area contributed by atoms with Crippen LogP contribution in [-0.4, -0.2) is 19.5 Å². The van der Waals surface area contributed by atoms with Crippen LogP contribution in [0.1, 0.15) is 0 Å². The highest BCUT2D eigenvalue weighted by Gasteiger charge is 1.72. The Hall–Kier alpha value is -1.26. The van der Waals surface area contributed by atoms with E-state index in [4.69, 9.17) is 4.79 Å². The van der Waals surface area contributed by atoms with Crippen molar-refractivity contribution in [3.8, 4) is 0 Å². The molecule has 0 aromatic carbocycles. The molecule has 0 rings (SSSR count). The molecule has 0 heterocycles. The van der Waals surface area contributed by atoms with Crippen LogP contribution >= 0.6 is 0 Å². The zero-order valence-corrected chi connectivity index (χ0v) is 4.55. The molecule has 0 fully saturated rings. The van der Waals surface area contributed by atoms with Gasteiger partial charge in [-0.25, -0.2) is 4.79 Å². The molecule has 0 bridgehead atoms. The summed E-state index contributed by atoms with van der Waals surface area (Å²) in [4.78, 5) is 18.1. The van der Waals surface area contributed by atoms with E-state index in [1.807, 2.05) is 0 Å². The second-order valence-electron chi connectivity index (χ2n) is 0.750. The van der Waals surface area contributed by atoms with Crippen molar-refractivity contribution in [3.05, 3.63) is 0 Å². The van der Waals surface area contributed by atoms with E-state index in [0.29, 0.717) is 0 Å². The number of urea groups is 1. The zero-order chi connectivity index (χ0) is 6.99. The largest absolute Gasteiger partial charge is 0.372 e. The predicted molar refractivity (Wildman–Crippen MR) is 28.9 cm³/mol. The third kappa shape index (κ3) is 121. The van der Waals surface area contributed by atoms with E-state index >= 15 is 0 Å². The molecule has 0 saturated heterocycles. The molecule has 0 aromatic heterocycles. The van der Waals surface area contributed by atoms with Crippen LogP contribution in [0, 0.1) is 0 Å². The third-order valence-electron chi connectivity index (χ3n) is 0.246. The first-order chi connectivity index (χ1) is 3.68. The number of rotatable bonds is 0. The molecule has 0 radical (unpaired) electrons. The fourth-order valence-corrected chi connectivity index (χ4v) is 0. The average molecular weight is 119 g/mol. The van der Waals surface area contributed by atoms with Gasteiger partial charge in [0.05, 0.1) is 0 Å². The molecule has 5 nitrogen and oxygen atoms in total. The molecule has 0 aromatic rings. The van der Waals surface area contributed by atoms with Gasteiger partial charge >= 0.3 is 6.03 Å². The van der Waals surface area contributed by atoms with E-state index in [2.05, 4.69) is 16.8 Å². The molecule has 3 amide bonds. The van der Waals surface area contributed by atoms with E-state index < -0.39 is 6.03 Å². The normalized spacial score (nSPS) is 5.62. The van der Waals surface area contributed by atoms with E-state index in [9.17, 15) is 4.79 Å². The number of carbonyl (C=O) groups excluding carboxylic acids is 2. The summed E-state index contributed by atoms with van der Waals surface area (Å²) in [6.45, 7) is 0. The summed E-state index contributed by atoms with van der Waals surface area (Å²) in [5, 5.41) is 2.17. The second kappa shape index (κ2) is 9.22. The SMILES string of the molecule is CNC(N)=O.NC=O. The van der Waals surface area contributed by atoms with Crippen molar-refractivity contribution in [1.82, 2.24) is 5.32 Å². The van der Waals surface area contributed by atoms with E-state index in [1.54, 1.807) is 0 Å². The standard InChI is InChI=1S/C2H6N2O.CH3NO/c1-4-2(3)5;2-1-3/h1H3,(H3,3,4,5);1H,(H2,2,3). The number of amides is 3. The molecule has 5 heteroatoms. The molecule has 0 aliphatic heterocycles. The Labute approximate surface area is 47.0 Å². The van der Waals surface area contributed by atoms with Crippen molar-refractivity contribution in [1.29, 1.82) is 0 Å². The van der Waals surface area contributed by atoms with E-state index in [-0.39, 0.29) is 6.41 Å². The fraction of sp³-hybridized carbons (Fsp3) is 0.333. The van der Waals surface area contributed by atoms with Crippen molar-refractivity contribution in [2.45, 2.75) is 0 Å². The Bertz CT molecular complexity index is 72.9. The molecule has 0 unspecified atom stereocenters. The first kappa shape index (κ1) is 9.88. The summed E-state index contributed by atoms with van der Waals surface area (Å²) < 4.78 is 0. The lowest BCUT2D eigenvalue weighted by molar-refractivity contribution is -0.106. The fourth-order valence-electron chi connectivity index (χ4n) is 0. The van der Waals surface area contributed by atoms with E-state index in [1.165, 1.54) is 7.05 Å². The van der Waals surface area contributed by atoms with Gasteiger partial charge in [0, 0.05) is 7.05 Å². The summed E-state index contributed by atoms with van der Waals surface area (Å²) in [7, 11) is 1.47. The Balaban J connectivity index is 0. The van der Waals surface area contributed by atoms with Crippen LogP contribution in [0.15, 0.2) is 0 Å². The predicted octanol–water partition coefficient (Wildman–Crippen LogP) is -1.61. The van der Waals surface area contributed by atoms with Gasteiger partial charge in [-0.1, -0.05) is 0 Å². The third-order valence-corrected chi connectivity index (χ3v) is 0.246. The summed E-state index contributed by atoms with van der Waals surface area (Å²) in [6.07, 6.45) is 0.250. The lowest BCUT2D eigenvalue weighted by Gasteiger charge is -1.80. The van der Waals surface area contributed by atoms with Crippen LogP contribution in [0.4, 0.5) is 4.79 Å². The molecule has 0 aliphatic carbocycles. The Kier molecular flexibility index (Phi) is 11.4. The van der Waals surface area contributed by atoms with Gasteiger partial charge in [0.1, 0.15) is 0 Å². The Morgan fingerprint density at radius 1 is 1.75 bits per heavy atom. The first-order valence-electron chi connectivity index (χ1n) is 1.81. The zero-order valence-electron chi connectivity index (χ0n) is 4.55. The molecule has 0 atom stereocenters. The number of nitrogens with one attached hydrogen (secondary N) is 1. The van der Waals surface area contributed by atoms with E-state index in [0.717, 1.165) is 0 Å². The molecule has 0 spiro atoms. The van der Waals surface area contributed by atoms with Gasteiger partial charge < -0.3 is 16.8 Å². The molecule has 0 saturated carbocycles. The minimum absolute atomic E-state index is 0.250. The lowest BCUT2D eigenvalue weighted by Crippen LogP contribution is -2.24. The monoisotopic (exact) mass is 119 g/mol. The summed E-state index contributed by atoms with van der Waals surface area (Å²) in [5.41, 5.74) is 8.71. The molecular formula is C3H9N3O2. The average Bonchev–Trinajstić information content (AvgIpc) is 1.69. The van der Waals surface area contributed by atoms with Crippen LogP contribution < -0.4 is 16.8 Å². The van der Waals surface area contributed by atoms with Gasteiger partial charge in [0.25, 0.3) is 0 Å². The lowest BCUT2D eigenvalue weighted by atomic mass is 11.1. The summed E-state index contributed by atoms with van der Waals surface area (Å²) in [5.74, 6) is 0. The summed E-state index contributed by atoms with van der Waals surface area (Å²) >= 11 is 0. The van der Waals surface area contributed by atoms with Crippen LogP contribution in [0.2, 0.25) is 0 Å². The minimum Gasteiger partial charge on any atom is -0.372 e. The van der Waals surface area contributed by atoms with Gasteiger partial charge in [-0.2, -0.15) is 0 Å². The van der Waals surface area contributed by atoms with Crippen LogP contribution in [-0.2, 0) is 4.79 Å². The Morgan fingerprint density at radius 3 is 1.88 bits per heavy atom. The van der Waals surface area contributed by atoms with Crippen LogP contribution in [0.5, 0.6) is 0 Å². The molecule has 8 heavy (non-hydrogen) atoms. The maximum Gasteiger partial charge on any atom is 0.311 e. The molecular weight excluding hydrogens is 110 g/mol. The minimum atomic E-state index is -0.495. The van der Waals surface area contributed by atoms with Gasteiger partial charge in [-0.05, 0) is 0 Å². The van der Waals surface area contributed by atoms with Gasteiger partial charge in [-0.3, -0.25) is 4.79 Å². The number of hydrogen-bond donors (Lipinski definition) is 3. The molecule has 48 valence electrons. The van der Waals surface area contributed by atoms with Crippen LogP contribution in [0.3, 0.4) is 0 Å². The van der Waals surface area contributed by atoms with Gasteiger partial charge in [0.2, 0.25) is 6.41 Å². The van der Waals surface area contributed by atoms with Crippen molar-refractivity contribution < 1.29 is 9.59 Å². The second-order valence-corrected chi connectivity index (χ2v) is 0.750. The number of primary amides is 2. The maximum atomic E-state index is 9.48. The van der Waals surface area contributed by atoms with Crippen LogP contribution in [0.25, 0.3) is 0 Å². The number of hydrogen-bond acceptors (Lipinski definition) is 2. The number of nitrogens with two attached hydrogens (primary N) is 2. The first-order valence-corrected chi connectivity index (χ1v) is 1.81. The highest BCUT2D eigenvalue weighted by Crippen LogP contribution is 1.38. The highest BCUT2D eigenvalue weighted by molar-refractivity contribution is 5.71. The molecule has 0 aliphatic rings. The summed E-state index contributed by atoms with van der Waals surface area (Å²) in [6, 6.07) is -0.495. The number of carbonyl (C=O) groups is 2. The van der Waals surface area contributed by atoms with Gasteiger partial charge in [0.15, 0.2) is 0 Å². The van der Waals surface area contributed by atoms with Crippen molar-refractivity contribution >= 4 is 12.4 Å². The van der Waals surface area contributed by atoms with Gasteiger partial charge in [-0.15, -0.1) is 0 Å². The van der Waals surface area contributed by atoms with Crippen molar-refractivity contribution in [3.63, 3.8) is 0 Å². The molecule has 5 N–H and O–H groups in total. The maximum absolute atomic E-state index is 9.48. The Morgan fingerprint density at radius 2 is 1.88 bits per heavy atom. The smallest absolute Gasteiger partial charge is 0.311 e. The topological polar surface area (TPSA) is 98.2 Å². The van der Waals surface area contributed by atoms with Crippen molar-refractivity contribution in [2.24, 2.45) is 11.5 Å².